The van der Waals surface area contributed by atoms with Gasteiger partial charge >= 0.3 is 5.97 Å². The molecule has 6 nitrogen and oxygen atoms in total. The molecule has 0 unspecified atom stereocenters. The van der Waals surface area contributed by atoms with Crippen molar-refractivity contribution in [3.8, 4) is 0 Å². The SMILES string of the molecule is CN(C(=O)C1(CC(=O)O)Cc2ccccc2C1)c1nc2ccc(C[N+](C)(C)C)cc2s1. The summed E-state index contributed by atoms with van der Waals surface area (Å²) in [5.41, 5.74) is 3.21. The molecule has 1 aromatic heterocycles. The fraction of sp³-hybridized carbons (Fsp3) is 0.375. The van der Waals surface area contributed by atoms with Crippen LogP contribution in [-0.2, 0) is 29.0 Å². The first-order valence-corrected chi connectivity index (χ1v) is 11.1. The normalized spacial score (nSPS) is 15.1. The first-order valence-electron chi connectivity index (χ1n) is 10.3. The number of nitrogens with zero attached hydrogens (tertiary/aromatic N) is 3. The number of anilines is 1. The van der Waals surface area contributed by atoms with Crippen molar-refractivity contribution in [3.05, 3.63) is 59.2 Å². The third-order valence-electron chi connectivity index (χ3n) is 5.81. The van der Waals surface area contributed by atoms with Crippen LogP contribution in [-0.4, -0.2) is 54.6 Å². The van der Waals surface area contributed by atoms with Crippen LogP contribution in [0.4, 0.5) is 5.13 Å². The van der Waals surface area contributed by atoms with Crippen LogP contribution in [0, 0.1) is 5.41 Å². The molecule has 0 bridgehead atoms. The second-order valence-electron chi connectivity index (χ2n) is 9.58. The maximum absolute atomic E-state index is 13.6. The molecule has 0 spiro atoms. The molecular weight excluding hydrogens is 410 g/mol. The molecule has 0 saturated heterocycles. The summed E-state index contributed by atoms with van der Waals surface area (Å²) >= 11 is 1.47. The van der Waals surface area contributed by atoms with Gasteiger partial charge in [-0.2, -0.15) is 0 Å². The van der Waals surface area contributed by atoms with E-state index in [1.54, 1.807) is 11.9 Å². The van der Waals surface area contributed by atoms with E-state index >= 15 is 0 Å². The number of amides is 1. The average molecular weight is 439 g/mol. The van der Waals surface area contributed by atoms with E-state index in [9.17, 15) is 14.7 Å². The molecule has 0 radical (unpaired) electrons. The molecule has 0 atom stereocenters. The Morgan fingerprint density at radius 3 is 2.35 bits per heavy atom. The molecule has 7 heteroatoms. The maximum Gasteiger partial charge on any atom is 0.304 e. The van der Waals surface area contributed by atoms with E-state index in [4.69, 9.17) is 0 Å². The number of carboxylic acids is 1. The largest absolute Gasteiger partial charge is 0.481 e. The maximum atomic E-state index is 13.6. The van der Waals surface area contributed by atoms with Gasteiger partial charge < -0.3 is 9.59 Å². The number of aliphatic carboxylic acids is 1. The summed E-state index contributed by atoms with van der Waals surface area (Å²) in [5, 5.41) is 10.2. The van der Waals surface area contributed by atoms with E-state index in [-0.39, 0.29) is 12.3 Å². The van der Waals surface area contributed by atoms with Gasteiger partial charge in [0.15, 0.2) is 5.13 Å². The van der Waals surface area contributed by atoms with Crippen molar-refractivity contribution in [2.45, 2.75) is 25.8 Å². The molecule has 31 heavy (non-hydrogen) atoms. The number of thiazole rings is 1. The number of carbonyl (C=O) groups is 2. The van der Waals surface area contributed by atoms with E-state index in [0.29, 0.717) is 18.0 Å². The lowest BCUT2D eigenvalue weighted by atomic mass is 9.80. The van der Waals surface area contributed by atoms with E-state index in [2.05, 4.69) is 38.3 Å². The van der Waals surface area contributed by atoms with Crippen LogP contribution >= 0.6 is 11.3 Å². The number of rotatable bonds is 6. The molecule has 0 aliphatic heterocycles. The molecule has 2 aromatic carbocycles. The molecule has 4 rings (SSSR count). The van der Waals surface area contributed by atoms with Gasteiger partial charge in [0, 0.05) is 12.6 Å². The van der Waals surface area contributed by atoms with Crippen LogP contribution in [0.1, 0.15) is 23.1 Å². The Bertz CT molecular complexity index is 1140. The lowest BCUT2D eigenvalue weighted by Gasteiger charge is -2.30. The number of carboxylic acid groups (broad SMARTS) is 1. The monoisotopic (exact) mass is 438 g/mol. The highest BCUT2D eigenvalue weighted by Gasteiger charge is 2.47. The number of benzene rings is 2. The van der Waals surface area contributed by atoms with E-state index < -0.39 is 11.4 Å². The quantitative estimate of drug-likeness (QED) is 0.596. The summed E-state index contributed by atoms with van der Waals surface area (Å²) < 4.78 is 1.86. The molecular formula is C24H28N3O3S+. The van der Waals surface area contributed by atoms with E-state index in [0.717, 1.165) is 32.4 Å². The molecule has 162 valence electrons. The molecule has 1 heterocycles. The van der Waals surface area contributed by atoms with Gasteiger partial charge in [-0.3, -0.25) is 14.5 Å². The van der Waals surface area contributed by atoms with Crippen LogP contribution in [0.25, 0.3) is 10.2 Å². The highest BCUT2D eigenvalue weighted by molar-refractivity contribution is 7.22. The highest BCUT2D eigenvalue weighted by Crippen LogP contribution is 2.42. The number of quaternary nitrogens is 1. The molecule has 1 aliphatic rings. The van der Waals surface area contributed by atoms with Gasteiger partial charge in [0.05, 0.1) is 43.2 Å². The van der Waals surface area contributed by atoms with Gasteiger partial charge in [-0.1, -0.05) is 41.7 Å². The first kappa shape index (κ1) is 21.5. The first-order chi connectivity index (χ1) is 14.6. The Hall–Kier alpha value is -2.77. The Kier molecular flexibility index (Phi) is 5.35. The third kappa shape index (κ3) is 4.34. The van der Waals surface area contributed by atoms with E-state index in [1.807, 2.05) is 30.3 Å². The molecule has 1 aliphatic carbocycles. The predicted molar refractivity (Wildman–Crippen MR) is 123 cm³/mol. The van der Waals surface area contributed by atoms with Gasteiger partial charge in [0.1, 0.15) is 6.54 Å². The molecule has 3 aromatic rings. The lowest BCUT2D eigenvalue weighted by molar-refractivity contribution is -0.883. The predicted octanol–water partition coefficient (Wildman–Crippen LogP) is 3.73. The smallest absolute Gasteiger partial charge is 0.304 e. The summed E-state index contributed by atoms with van der Waals surface area (Å²) in [5.74, 6) is -1.14. The number of fused-ring (bicyclic) bond motifs is 2. The zero-order valence-corrected chi connectivity index (χ0v) is 19.2. The van der Waals surface area contributed by atoms with Crippen molar-refractivity contribution in [2.75, 3.05) is 33.1 Å². The standard InChI is InChI=1S/C24H27N3O3S/c1-26(23-25-19-10-9-16(11-20(19)31-23)15-27(2,3)4)22(30)24(14-21(28)29)12-17-7-5-6-8-18(17)13-24/h5-11H,12-15H2,1-4H3/p+1. The van der Waals surface area contributed by atoms with Crippen LogP contribution in [0.3, 0.4) is 0 Å². The number of carbonyl (C=O) groups excluding carboxylic acids is 1. The number of aromatic nitrogens is 1. The second-order valence-corrected chi connectivity index (χ2v) is 10.6. The minimum absolute atomic E-state index is 0.184. The van der Waals surface area contributed by atoms with Gasteiger partial charge in [0.2, 0.25) is 5.91 Å². The molecule has 1 N–H and O–H groups in total. The lowest BCUT2D eigenvalue weighted by Crippen LogP contribution is -2.44. The Morgan fingerprint density at radius 1 is 1.13 bits per heavy atom. The van der Waals surface area contributed by atoms with Crippen molar-refractivity contribution < 1.29 is 19.2 Å². The zero-order valence-electron chi connectivity index (χ0n) is 18.4. The Morgan fingerprint density at radius 2 is 1.77 bits per heavy atom. The minimum Gasteiger partial charge on any atom is -0.481 e. The minimum atomic E-state index is -0.975. The van der Waals surface area contributed by atoms with Crippen LogP contribution in [0.15, 0.2) is 42.5 Å². The number of hydrogen-bond acceptors (Lipinski definition) is 4. The van der Waals surface area contributed by atoms with Crippen molar-refractivity contribution in [2.24, 2.45) is 5.41 Å². The molecule has 0 saturated carbocycles. The topological polar surface area (TPSA) is 70.5 Å². The molecule has 1 amide bonds. The summed E-state index contributed by atoms with van der Waals surface area (Å²) in [6, 6.07) is 14.1. The summed E-state index contributed by atoms with van der Waals surface area (Å²) in [4.78, 5) is 31.5. The van der Waals surface area contributed by atoms with Crippen LogP contribution in [0.5, 0.6) is 0 Å². The van der Waals surface area contributed by atoms with Gasteiger partial charge in [-0.15, -0.1) is 0 Å². The Labute approximate surface area is 186 Å². The van der Waals surface area contributed by atoms with Crippen molar-refractivity contribution in [1.29, 1.82) is 0 Å². The fourth-order valence-electron chi connectivity index (χ4n) is 4.52. The third-order valence-corrected chi connectivity index (χ3v) is 6.90. The summed E-state index contributed by atoms with van der Waals surface area (Å²) in [6.07, 6.45) is 0.692. The van der Waals surface area contributed by atoms with E-state index in [1.165, 1.54) is 16.9 Å². The summed E-state index contributed by atoms with van der Waals surface area (Å²) in [6.45, 7) is 0.901. The average Bonchev–Trinajstić information content (AvgIpc) is 3.26. The fourth-order valence-corrected chi connectivity index (χ4v) is 5.51. The zero-order chi connectivity index (χ0) is 22.4. The van der Waals surface area contributed by atoms with Crippen LogP contribution in [0.2, 0.25) is 0 Å². The summed E-state index contributed by atoms with van der Waals surface area (Å²) in [7, 11) is 8.16. The number of hydrogen-bond donors (Lipinski definition) is 1. The van der Waals surface area contributed by atoms with Crippen molar-refractivity contribution in [3.63, 3.8) is 0 Å². The second kappa shape index (κ2) is 7.73. The van der Waals surface area contributed by atoms with Crippen molar-refractivity contribution >= 4 is 38.6 Å². The van der Waals surface area contributed by atoms with Gasteiger partial charge in [-0.25, -0.2) is 4.98 Å². The van der Waals surface area contributed by atoms with Crippen molar-refractivity contribution in [1.82, 2.24) is 4.98 Å². The highest BCUT2D eigenvalue weighted by atomic mass is 32.1. The Balaban J connectivity index is 1.64. The molecule has 0 fully saturated rings. The van der Waals surface area contributed by atoms with Crippen LogP contribution < -0.4 is 4.90 Å². The van der Waals surface area contributed by atoms with Gasteiger partial charge in [-0.05, 0) is 36.1 Å². The van der Waals surface area contributed by atoms with Gasteiger partial charge in [0.25, 0.3) is 0 Å².